The quantitative estimate of drug-likeness (QED) is 0.491. The van der Waals surface area contributed by atoms with E-state index in [1.165, 1.54) is 18.1 Å². The minimum absolute atomic E-state index is 0.0255. The fourth-order valence-corrected chi connectivity index (χ4v) is 3.99. The van der Waals surface area contributed by atoms with E-state index < -0.39 is 5.97 Å². The van der Waals surface area contributed by atoms with Crippen molar-refractivity contribution >= 4 is 11.9 Å². The van der Waals surface area contributed by atoms with Gasteiger partial charge in [0.2, 0.25) is 0 Å². The van der Waals surface area contributed by atoms with Crippen LogP contribution >= 0.6 is 0 Å². The summed E-state index contributed by atoms with van der Waals surface area (Å²) in [7, 11) is 0. The maximum atomic E-state index is 11.4. The van der Waals surface area contributed by atoms with Crippen molar-refractivity contribution < 1.29 is 19.4 Å². The standard InChI is InChI=1S/C17H24O4/c1-10-6-5-7-17(4)9-15(21-12(3)18)13(8-14(10)17)11(2)16(19)20/h13,15H,2,5-9H2,1,3-4H3,(H,19,20). The van der Waals surface area contributed by atoms with Crippen LogP contribution in [0.25, 0.3) is 0 Å². The zero-order valence-corrected chi connectivity index (χ0v) is 13.1. The third-order valence-electron chi connectivity index (χ3n) is 5.09. The molecule has 0 aromatic heterocycles. The molecule has 1 fully saturated rings. The molecule has 0 bridgehead atoms. The van der Waals surface area contributed by atoms with E-state index in [2.05, 4.69) is 20.4 Å². The van der Waals surface area contributed by atoms with Gasteiger partial charge in [-0.25, -0.2) is 4.79 Å². The summed E-state index contributed by atoms with van der Waals surface area (Å²) in [6.07, 6.45) is 4.25. The molecule has 1 N–H and O–H groups in total. The van der Waals surface area contributed by atoms with E-state index in [9.17, 15) is 14.7 Å². The van der Waals surface area contributed by atoms with Crippen LogP contribution in [0.3, 0.4) is 0 Å². The van der Waals surface area contributed by atoms with Crippen LogP contribution in [0.4, 0.5) is 0 Å². The van der Waals surface area contributed by atoms with Gasteiger partial charge < -0.3 is 9.84 Å². The zero-order chi connectivity index (χ0) is 15.8. The molecule has 4 heteroatoms. The molecule has 0 aromatic rings. The number of carbonyl (C=O) groups excluding carboxylic acids is 1. The first-order valence-corrected chi connectivity index (χ1v) is 7.53. The second-order valence-electron chi connectivity index (χ2n) is 6.67. The van der Waals surface area contributed by atoms with Crippen LogP contribution in [-0.4, -0.2) is 23.1 Å². The smallest absolute Gasteiger partial charge is 0.331 e. The molecule has 2 aliphatic rings. The molecule has 21 heavy (non-hydrogen) atoms. The molecule has 0 aliphatic heterocycles. The Morgan fingerprint density at radius 3 is 2.67 bits per heavy atom. The van der Waals surface area contributed by atoms with E-state index in [0.717, 1.165) is 19.3 Å². The number of hydrogen-bond acceptors (Lipinski definition) is 3. The predicted molar refractivity (Wildman–Crippen MR) is 79.7 cm³/mol. The van der Waals surface area contributed by atoms with Gasteiger partial charge in [0.1, 0.15) is 6.10 Å². The Hall–Kier alpha value is -1.58. The van der Waals surface area contributed by atoms with Crippen molar-refractivity contribution in [3.63, 3.8) is 0 Å². The highest BCUT2D eigenvalue weighted by Crippen LogP contribution is 2.52. The third kappa shape index (κ3) is 3.04. The summed E-state index contributed by atoms with van der Waals surface area (Å²) in [5.41, 5.74) is 2.89. The van der Waals surface area contributed by atoms with Gasteiger partial charge in [0, 0.05) is 18.4 Å². The molecule has 116 valence electrons. The first-order valence-electron chi connectivity index (χ1n) is 7.53. The molecule has 3 unspecified atom stereocenters. The lowest BCUT2D eigenvalue weighted by atomic mass is 9.60. The Morgan fingerprint density at radius 1 is 1.43 bits per heavy atom. The van der Waals surface area contributed by atoms with Crippen LogP contribution in [0.1, 0.15) is 52.9 Å². The van der Waals surface area contributed by atoms with Crippen LogP contribution in [0.5, 0.6) is 0 Å². The molecule has 0 spiro atoms. The van der Waals surface area contributed by atoms with E-state index in [1.54, 1.807) is 0 Å². The second-order valence-corrected chi connectivity index (χ2v) is 6.67. The van der Waals surface area contributed by atoms with Gasteiger partial charge in [0.15, 0.2) is 0 Å². The Morgan fingerprint density at radius 2 is 2.10 bits per heavy atom. The van der Waals surface area contributed by atoms with Crippen molar-refractivity contribution in [2.45, 2.75) is 59.0 Å². The predicted octanol–water partition coefficient (Wildman–Crippen LogP) is 3.48. The lowest BCUT2D eigenvalue weighted by molar-refractivity contribution is -0.152. The number of carboxylic acid groups (broad SMARTS) is 1. The van der Waals surface area contributed by atoms with E-state index in [-0.39, 0.29) is 29.0 Å². The molecule has 2 rings (SSSR count). The van der Waals surface area contributed by atoms with Crippen molar-refractivity contribution in [1.82, 2.24) is 0 Å². The third-order valence-corrected chi connectivity index (χ3v) is 5.09. The molecule has 0 radical (unpaired) electrons. The lowest BCUT2D eigenvalue weighted by Crippen LogP contribution is -2.42. The van der Waals surface area contributed by atoms with Gasteiger partial charge in [-0.1, -0.05) is 24.6 Å². The largest absolute Gasteiger partial charge is 0.478 e. The van der Waals surface area contributed by atoms with Gasteiger partial charge in [0.05, 0.1) is 0 Å². The summed E-state index contributed by atoms with van der Waals surface area (Å²) in [6, 6.07) is 0. The molecule has 0 heterocycles. The molecule has 0 saturated heterocycles. The first-order chi connectivity index (χ1) is 9.74. The molecule has 3 atom stereocenters. The van der Waals surface area contributed by atoms with Crippen LogP contribution in [0.2, 0.25) is 0 Å². The number of carboxylic acids is 1. The second kappa shape index (κ2) is 5.66. The van der Waals surface area contributed by atoms with E-state index in [1.807, 2.05) is 0 Å². The molecule has 2 aliphatic carbocycles. The van der Waals surface area contributed by atoms with Gasteiger partial charge in [-0.3, -0.25) is 4.79 Å². The number of rotatable bonds is 3. The Balaban J connectivity index is 2.36. The van der Waals surface area contributed by atoms with Crippen molar-refractivity contribution in [1.29, 1.82) is 0 Å². The number of fused-ring (bicyclic) bond motifs is 1. The minimum atomic E-state index is -1.00. The van der Waals surface area contributed by atoms with E-state index in [4.69, 9.17) is 4.74 Å². The number of hydrogen-bond donors (Lipinski definition) is 1. The zero-order valence-electron chi connectivity index (χ0n) is 13.1. The fourth-order valence-electron chi connectivity index (χ4n) is 3.99. The van der Waals surface area contributed by atoms with Crippen molar-refractivity contribution in [2.24, 2.45) is 11.3 Å². The monoisotopic (exact) mass is 292 g/mol. The minimum Gasteiger partial charge on any atom is -0.478 e. The number of esters is 1. The van der Waals surface area contributed by atoms with E-state index in [0.29, 0.717) is 12.8 Å². The maximum Gasteiger partial charge on any atom is 0.331 e. The van der Waals surface area contributed by atoms with Crippen LogP contribution < -0.4 is 0 Å². The summed E-state index contributed by atoms with van der Waals surface area (Å²) in [4.78, 5) is 22.7. The molecular formula is C17H24O4. The Bertz CT molecular complexity index is 517. The highest BCUT2D eigenvalue weighted by Gasteiger charge is 2.46. The molecule has 4 nitrogen and oxygen atoms in total. The van der Waals surface area contributed by atoms with Gasteiger partial charge in [0.25, 0.3) is 0 Å². The lowest BCUT2D eigenvalue weighted by Gasteiger charge is -2.47. The molecule has 1 saturated carbocycles. The highest BCUT2D eigenvalue weighted by molar-refractivity contribution is 5.86. The molecule has 0 amide bonds. The number of aliphatic carboxylic acids is 1. The van der Waals surface area contributed by atoms with Crippen LogP contribution in [-0.2, 0) is 14.3 Å². The average Bonchev–Trinajstić information content (AvgIpc) is 2.36. The van der Waals surface area contributed by atoms with Gasteiger partial charge in [-0.2, -0.15) is 0 Å². The van der Waals surface area contributed by atoms with Crippen molar-refractivity contribution in [3.05, 3.63) is 23.3 Å². The maximum absolute atomic E-state index is 11.4. The van der Waals surface area contributed by atoms with Gasteiger partial charge >= 0.3 is 11.9 Å². The Labute approximate surface area is 125 Å². The summed E-state index contributed by atoms with van der Waals surface area (Å²) in [6.45, 7) is 9.43. The topological polar surface area (TPSA) is 63.6 Å². The van der Waals surface area contributed by atoms with Crippen molar-refractivity contribution in [3.8, 4) is 0 Å². The number of ether oxygens (including phenoxy) is 1. The summed E-state index contributed by atoms with van der Waals surface area (Å²) < 4.78 is 5.44. The van der Waals surface area contributed by atoms with Crippen LogP contribution in [0, 0.1) is 11.3 Å². The first kappa shape index (κ1) is 15.8. The highest BCUT2D eigenvalue weighted by atomic mass is 16.5. The van der Waals surface area contributed by atoms with Crippen molar-refractivity contribution in [2.75, 3.05) is 0 Å². The number of carbonyl (C=O) groups is 2. The van der Waals surface area contributed by atoms with Gasteiger partial charge in [-0.15, -0.1) is 0 Å². The summed E-state index contributed by atoms with van der Waals surface area (Å²) in [5.74, 6) is -1.68. The normalized spacial score (nSPS) is 32.3. The summed E-state index contributed by atoms with van der Waals surface area (Å²) >= 11 is 0. The van der Waals surface area contributed by atoms with Gasteiger partial charge in [-0.05, 0) is 44.4 Å². The number of allylic oxidation sites excluding steroid dienone is 2. The fraction of sp³-hybridized carbons (Fsp3) is 0.647. The van der Waals surface area contributed by atoms with E-state index >= 15 is 0 Å². The summed E-state index contributed by atoms with van der Waals surface area (Å²) in [5, 5.41) is 9.26. The van der Waals surface area contributed by atoms with Crippen LogP contribution in [0.15, 0.2) is 23.3 Å². The average molecular weight is 292 g/mol. The molecule has 0 aromatic carbocycles. The molecular weight excluding hydrogens is 268 g/mol. The Kier molecular flexibility index (Phi) is 4.26. The SMILES string of the molecule is C=C(C(=O)O)C1CC2=C(C)CCCC2(C)CC1OC(C)=O.